The van der Waals surface area contributed by atoms with Gasteiger partial charge in [0.15, 0.2) is 0 Å². The van der Waals surface area contributed by atoms with Crippen molar-refractivity contribution < 1.29 is 9.90 Å². The number of hydrogen-bond acceptors (Lipinski definition) is 3. The van der Waals surface area contributed by atoms with E-state index in [1.165, 1.54) is 0 Å². The minimum atomic E-state index is -0.638. The zero-order chi connectivity index (χ0) is 11.5. The van der Waals surface area contributed by atoms with Crippen molar-refractivity contribution in [1.82, 2.24) is 4.90 Å². The zero-order valence-corrected chi connectivity index (χ0v) is 9.70. The molecule has 15 heavy (non-hydrogen) atoms. The first-order chi connectivity index (χ1) is 7.06. The monoisotopic (exact) mass is 214 g/mol. The van der Waals surface area contributed by atoms with Crippen molar-refractivity contribution in [2.45, 2.75) is 38.7 Å². The molecule has 1 aliphatic heterocycles. The molecule has 0 aromatic carbocycles. The van der Waals surface area contributed by atoms with Crippen molar-refractivity contribution in [3.05, 3.63) is 0 Å². The van der Waals surface area contributed by atoms with Crippen LogP contribution in [-0.4, -0.2) is 41.1 Å². The maximum absolute atomic E-state index is 11.9. The third-order valence-electron chi connectivity index (χ3n) is 3.21. The third kappa shape index (κ3) is 2.69. The van der Waals surface area contributed by atoms with Crippen LogP contribution in [0.25, 0.3) is 0 Å². The molecule has 0 aliphatic carbocycles. The second-order valence-electron chi connectivity index (χ2n) is 4.49. The first-order valence-electron chi connectivity index (χ1n) is 5.77. The summed E-state index contributed by atoms with van der Waals surface area (Å²) in [4.78, 5) is 13.6. The van der Waals surface area contributed by atoms with Crippen molar-refractivity contribution in [3.63, 3.8) is 0 Å². The Kier molecular flexibility index (Phi) is 4.11. The van der Waals surface area contributed by atoms with E-state index in [9.17, 15) is 9.90 Å². The quantitative estimate of drug-likeness (QED) is 0.693. The zero-order valence-electron chi connectivity index (χ0n) is 9.70. The van der Waals surface area contributed by atoms with E-state index in [1.54, 1.807) is 4.90 Å². The van der Waals surface area contributed by atoms with Crippen molar-refractivity contribution >= 4 is 5.91 Å². The van der Waals surface area contributed by atoms with Gasteiger partial charge in [-0.25, -0.2) is 0 Å². The topological polar surface area (TPSA) is 66.6 Å². The average molecular weight is 214 g/mol. The molecule has 0 radical (unpaired) electrons. The highest BCUT2D eigenvalue weighted by molar-refractivity contribution is 5.80. The molecule has 3 N–H and O–H groups in total. The molecule has 1 saturated heterocycles. The van der Waals surface area contributed by atoms with Crippen molar-refractivity contribution in [2.24, 2.45) is 11.7 Å². The summed E-state index contributed by atoms with van der Waals surface area (Å²) >= 11 is 0. The summed E-state index contributed by atoms with van der Waals surface area (Å²) in [6.07, 6.45) is 2.52. The molecule has 4 heteroatoms. The van der Waals surface area contributed by atoms with Crippen molar-refractivity contribution in [1.29, 1.82) is 0 Å². The number of nitrogens with two attached hydrogens (primary N) is 1. The van der Waals surface area contributed by atoms with Gasteiger partial charge in [0, 0.05) is 6.54 Å². The van der Waals surface area contributed by atoms with E-state index in [2.05, 4.69) is 6.92 Å². The Labute approximate surface area is 91.4 Å². The van der Waals surface area contributed by atoms with E-state index in [0.29, 0.717) is 26.1 Å². The second kappa shape index (κ2) is 4.94. The van der Waals surface area contributed by atoms with Crippen LogP contribution in [0.5, 0.6) is 0 Å². The molecule has 1 aliphatic rings. The van der Waals surface area contributed by atoms with Crippen LogP contribution in [0.4, 0.5) is 0 Å². The number of aliphatic hydroxyl groups is 1. The standard InChI is InChI=1S/C11H22N2O2/c1-3-5-9(6-12)10(14)13-7-11(15,4-2)8-13/h9,15H,3-8,12H2,1-2H3. The molecule has 1 heterocycles. The Hall–Kier alpha value is -0.610. The fourth-order valence-corrected chi connectivity index (χ4v) is 1.99. The lowest BCUT2D eigenvalue weighted by atomic mass is 9.89. The third-order valence-corrected chi connectivity index (χ3v) is 3.21. The lowest BCUT2D eigenvalue weighted by Gasteiger charge is -2.47. The molecule has 1 atom stereocenters. The van der Waals surface area contributed by atoms with E-state index in [0.717, 1.165) is 12.8 Å². The van der Waals surface area contributed by atoms with Crippen molar-refractivity contribution in [2.75, 3.05) is 19.6 Å². The van der Waals surface area contributed by atoms with Gasteiger partial charge in [0.2, 0.25) is 5.91 Å². The van der Waals surface area contributed by atoms with Gasteiger partial charge >= 0.3 is 0 Å². The first kappa shape index (κ1) is 12.5. The van der Waals surface area contributed by atoms with Crippen LogP contribution in [-0.2, 0) is 4.79 Å². The molecule has 1 unspecified atom stereocenters. The fourth-order valence-electron chi connectivity index (χ4n) is 1.99. The normalized spacial score (nSPS) is 20.9. The smallest absolute Gasteiger partial charge is 0.227 e. The summed E-state index contributed by atoms with van der Waals surface area (Å²) in [6.45, 7) is 5.35. The molecule has 88 valence electrons. The molecule has 0 aromatic rings. The number of hydrogen-bond donors (Lipinski definition) is 2. The molecule has 1 rings (SSSR count). The van der Waals surface area contributed by atoms with Crippen LogP contribution in [0.1, 0.15) is 33.1 Å². The van der Waals surface area contributed by atoms with Crippen LogP contribution in [0.2, 0.25) is 0 Å². The number of amides is 1. The van der Waals surface area contributed by atoms with Gasteiger partial charge in [0.25, 0.3) is 0 Å². The minimum absolute atomic E-state index is 0.0589. The average Bonchev–Trinajstić information content (AvgIpc) is 2.20. The summed E-state index contributed by atoms with van der Waals surface area (Å²) in [6, 6.07) is 0. The molecular formula is C11H22N2O2. The summed E-state index contributed by atoms with van der Waals surface area (Å²) in [5, 5.41) is 9.80. The number of carbonyl (C=O) groups is 1. The van der Waals surface area contributed by atoms with Gasteiger partial charge in [0.1, 0.15) is 0 Å². The molecule has 0 saturated carbocycles. The summed E-state index contributed by atoms with van der Waals surface area (Å²) in [7, 11) is 0. The van der Waals surface area contributed by atoms with Gasteiger partial charge in [-0.1, -0.05) is 20.3 Å². The highest BCUT2D eigenvalue weighted by Gasteiger charge is 2.43. The van der Waals surface area contributed by atoms with E-state index in [4.69, 9.17) is 5.73 Å². The lowest BCUT2D eigenvalue weighted by Crippen LogP contribution is -2.64. The Bertz CT molecular complexity index is 225. The predicted octanol–water partition coefficient (Wildman–Crippen LogP) is 0.345. The maximum atomic E-state index is 11.9. The lowest BCUT2D eigenvalue weighted by molar-refractivity contribution is -0.159. The summed E-state index contributed by atoms with van der Waals surface area (Å²) in [5.41, 5.74) is 4.93. The van der Waals surface area contributed by atoms with Crippen LogP contribution < -0.4 is 5.73 Å². The number of nitrogens with zero attached hydrogens (tertiary/aromatic N) is 1. The Morgan fingerprint density at radius 3 is 2.53 bits per heavy atom. The molecule has 1 fully saturated rings. The van der Waals surface area contributed by atoms with Gasteiger partial charge in [0.05, 0.1) is 24.6 Å². The van der Waals surface area contributed by atoms with E-state index < -0.39 is 5.60 Å². The SMILES string of the molecule is CCCC(CN)C(=O)N1CC(O)(CC)C1. The van der Waals surface area contributed by atoms with E-state index in [1.807, 2.05) is 6.92 Å². The van der Waals surface area contributed by atoms with Gasteiger partial charge in [-0.15, -0.1) is 0 Å². The fraction of sp³-hybridized carbons (Fsp3) is 0.909. The summed E-state index contributed by atoms with van der Waals surface area (Å²) in [5.74, 6) is 0.0499. The van der Waals surface area contributed by atoms with E-state index in [-0.39, 0.29) is 11.8 Å². The summed E-state index contributed by atoms with van der Waals surface area (Å²) < 4.78 is 0. The molecule has 0 spiro atoms. The minimum Gasteiger partial charge on any atom is -0.386 e. The number of likely N-dealkylation sites (tertiary alicyclic amines) is 1. The maximum Gasteiger partial charge on any atom is 0.227 e. The second-order valence-corrected chi connectivity index (χ2v) is 4.49. The van der Waals surface area contributed by atoms with Crippen LogP contribution in [0.3, 0.4) is 0 Å². The van der Waals surface area contributed by atoms with Crippen LogP contribution in [0.15, 0.2) is 0 Å². The van der Waals surface area contributed by atoms with Gasteiger partial charge in [-0.05, 0) is 12.8 Å². The molecule has 0 aromatic heterocycles. The number of rotatable bonds is 5. The van der Waals surface area contributed by atoms with Crippen LogP contribution in [0, 0.1) is 5.92 Å². The Morgan fingerprint density at radius 1 is 1.53 bits per heavy atom. The molecular weight excluding hydrogens is 192 g/mol. The predicted molar refractivity (Wildman–Crippen MR) is 59.3 cm³/mol. The molecule has 1 amide bonds. The van der Waals surface area contributed by atoms with Gasteiger partial charge in [-0.2, -0.15) is 0 Å². The largest absolute Gasteiger partial charge is 0.386 e. The van der Waals surface area contributed by atoms with Crippen LogP contribution >= 0.6 is 0 Å². The van der Waals surface area contributed by atoms with Gasteiger partial charge in [-0.3, -0.25) is 4.79 Å². The number of β-amino-alcohol motifs (C(OH)–C–C–N with tert-alkyl or cyclic N) is 1. The Balaban J connectivity index is 2.42. The first-order valence-corrected chi connectivity index (χ1v) is 5.77. The van der Waals surface area contributed by atoms with Crippen molar-refractivity contribution in [3.8, 4) is 0 Å². The highest BCUT2D eigenvalue weighted by Crippen LogP contribution is 2.26. The van der Waals surface area contributed by atoms with Gasteiger partial charge < -0.3 is 15.7 Å². The van der Waals surface area contributed by atoms with E-state index >= 15 is 0 Å². The molecule has 4 nitrogen and oxygen atoms in total. The highest BCUT2D eigenvalue weighted by atomic mass is 16.3. The molecule has 0 bridgehead atoms. The number of carbonyl (C=O) groups excluding carboxylic acids is 1. The Morgan fingerprint density at radius 2 is 2.13 bits per heavy atom.